The van der Waals surface area contributed by atoms with Gasteiger partial charge in [-0.05, 0) is 28.8 Å². The summed E-state index contributed by atoms with van der Waals surface area (Å²) >= 11 is 0. The van der Waals surface area contributed by atoms with Gasteiger partial charge >= 0.3 is 5.97 Å². The number of aromatic nitrogens is 3. The number of ether oxygens (including phenoxy) is 3. The van der Waals surface area contributed by atoms with Gasteiger partial charge in [0.05, 0.1) is 36.9 Å². The number of carbonyl (C=O) groups excluding carboxylic acids is 1. The maximum absolute atomic E-state index is 12.2. The molecule has 0 saturated carbocycles. The van der Waals surface area contributed by atoms with E-state index in [9.17, 15) is 4.79 Å². The van der Waals surface area contributed by atoms with Crippen LogP contribution >= 0.6 is 0 Å². The molecule has 0 atom stereocenters. The number of nitrogens with zero attached hydrogens (tertiary/aromatic N) is 3. The number of methoxy groups -OCH3 is 1. The molecule has 206 valence electrons. The van der Waals surface area contributed by atoms with Gasteiger partial charge in [0.2, 0.25) is 5.88 Å². The Morgan fingerprint density at radius 3 is 1.98 bits per heavy atom. The van der Waals surface area contributed by atoms with Crippen molar-refractivity contribution in [1.82, 2.24) is 14.8 Å². The molecule has 0 unspecified atom stereocenters. The molecule has 7 heteroatoms. The molecule has 0 N–H and O–H groups in total. The molecular weight excluding hydrogens is 514 g/mol. The molecule has 0 bridgehead atoms. The van der Waals surface area contributed by atoms with E-state index in [1.54, 1.807) is 12.3 Å². The molecule has 7 nitrogen and oxygen atoms in total. The molecule has 0 spiro atoms. The van der Waals surface area contributed by atoms with Gasteiger partial charge in [0.15, 0.2) is 0 Å². The molecule has 0 radical (unpaired) electrons. The normalized spacial score (nSPS) is 14.4. The van der Waals surface area contributed by atoms with Crippen LogP contribution in [0.4, 0.5) is 0 Å². The van der Waals surface area contributed by atoms with E-state index in [1.807, 2.05) is 65.3 Å². The third-order valence-corrected chi connectivity index (χ3v) is 7.50. The Labute approximate surface area is 239 Å². The van der Waals surface area contributed by atoms with Crippen LogP contribution in [0.2, 0.25) is 0 Å². The number of rotatable bonds is 8. The highest BCUT2D eigenvalue weighted by molar-refractivity contribution is 5.95. The SMILES string of the molecule is COC(=O)C=Cc1nn(C(c2ccccc2)(c2ccccc2)c2ccccc2)c2ccnc(OC3CCOCC3)c12. The van der Waals surface area contributed by atoms with E-state index in [-0.39, 0.29) is 6.10 Å². The molecule has 3 aromatic carbocycles. The molecule has 5 aromatic rings. The van der Waals surface area contributed by atoms with Crippen molar-refractivity contribution >= 4 is 22.9 Å². The predicted octanol–water partition coefficient (Wildman–Crippen LogP) is 6.02. The summed E-state index contributed by atoms with van der Waals surface area (Å²) in [7, 11) is 1.36. The maximum atomic E-state index is 12.2. The number of benzene rings is 3. The number of pyridine rings is 1. The molecule has 1 fully saturated rings. The number of carbonyl (C=O) groups is 1. The van der Waals surface area contributed by atoms with E-state index in [4.69, 9.17) is 19.3 Å². The van der Waals surface area contributed by atoms with Crippen LogP contribution < -0.4 is 4.74 Å². The molecule has 1 aliphatic rings. The van der Waals surface area contributed by atoms with Crippen molar-refractivity contribution < 1.29 is 19.0 Å². The standard InChI is InChI=1S/C34H31N3O4/c1-39-31(38)18-17-29-32-30(19-22-35-33(32)41-28-20-23-40-24-21-28)37(36-29)34(25-11-5-2-6-12-25,26-13-7-3-8-14-26)27-15-9-4-10-16-27/h2-19,22,28H,20-21,23-24H2,1H3. The van der Waals surface area contributed by atoms with Crippen LogP contribution in [0.15, 0.2) is 109 Å². The number of hydrogen-bond donors (Lipinski definition) is 0. The zero-order valence-corrected chi connectivity index (χ0v) is 22.9. The maximum Gasteiger partial charge on any atom is 0.330 e. The smallest absolute Gasteiger partial charge is 0.330 e. The third kappa shape index (κ3) is 5.00. The molecule has 2 aromatic heterocycles. The Bertz CT molecular complexity index is 1550. The minimum Gasteiger partial charge on any atom is -0.474 e. The Morgan fingerprint density at radius 2 is 1.44 bits per heavy atom. The average molecular weight is 546 g/mol. The highest BCUT2D eigenvalue weighted by Crippen LogP contribution is 2.44. The monoisotopic (exact) mass is 545 g/mol. The Kier molecular flexibility index (Phi) is 7.60. The van der Waals surface area contributed by atoms with Gasteiger partial charge in [0.25, 0.3) is 0 Å². The zero-order valence-electron chi connectivity index (χ0n) is 22.9. The van der Waals surface area contributed by atoms with Crippen molar-refractivity contribution in [3.8, 4) is 5.88 Å². The third-order valence-electron chi connectivity index (χ3n) is 7.50. The summed E-state index contributed by atoms with van der Waals surface area (Å²) < 4.78 is 19.0. The number of hydrogen-bond acceptors (Lipinski definition) is 6. The Hall–Kier alpha value is -4.75. The van der Waals surface area contributed by atoms with E-state index < -0.39 is 11.5 Å². The quantitative estimate of drug-likeness (QED) is 0.135. The summed E-state index contributed by atoms with van der Waals surface area (Å²) in [6, 6.07) is 33.0. The fourth-order valence-corrected chi connectivity index (χ4v) is 5.60. The first kappa shape index (κ1) is 26.5. The highest BCUT2D eigenvalue weighted by Gasteiger charge is 2.41. The molecule has 41 heavy (non-hydrogen) atoms. The van der Waals surface area contributed by atoms with Gasteiger partial charge in [-0.15, -0.1) is 0 Å². The van der Waals surface area contributed by atoms with Gasteiger partial charge in [0, 0.05) is 25.1 Å². The summed E-state index contributed by atoms with van der Waals surface area (Å²) in [6.45, 7) is 1.29. The van der Waals surface area contributed by atoms with E-state index in [0.29, 0.717) is 24.8 Å². The van der Waals surface area contributed by atoms with Crippen LogP contribution in [-0.2, 0) is 19.8 Å². The predicted molar refractivity (Wildman–Crippen MR) is 158 cm³/mol. The second-order valence-corrected chi connectivity index (χ2v) is 9.90. The van der Waals surface area contributed by atoms with Crippen molar-refractivity contribution in [2.75, 3.05) is 20.3 Å². The molecule has 0 amide bonds. The van der Waals surface area contributed by atoms with Crippen molar-refractivity contribution in [1.29, 1.82) is 0 Å². The van der Waals surface area contributed by atoms with E-state index in [0.717, 1.165) is 40.4 Å². The molecular formula is C34H31N3O4. The first-order chi connectivity index (χ1) is 20.2. The molecule has 1 saturated heterocycles. The molecule has 6 rings (SSSR count). The second kappa shape index (κ2) is 11.8. The van der Waals surface area contributed by atoms with E-state index >= 15 is 0 Å². The van der Waals surface area contributed by atoms with Crippen LogP contribution in [0, 0.1) is 0 Å². The summed E-state index contributed by atoms with van der Waals surface area (Å²) in [5.74, 6) is 0.0113. The molecule has 1 aliphatic heterocycles. The van der Waals surface area contributed by atoms with Gasteiger partial charge in [-0.25, -0.2) is 14.5 Å². The van der Waals surface area contributed by atoms with E-state index in [1.165, 1.54) is 13.2 Å². The minimum atomic E-state index is -0.851. The van der Waals surface area contributed by atoms with Gasteiger partial charge in [0.1, 0.15) is 11.6 Å². The van der Waals surface area contributed by atoms with Gasteiger partial charge in [-0.1, -0.05) is 91.0 Å². The Morgan fingerprint density at radius 1 is 0.878 bits per heavy atom. The van der Waals surface area contributed by atoms with Crippen LogP contribution in [0.5, 0.6) is 5.88 Å². The second-order valence-electron chi connectivity index (χ2n) is 9.90. The summed E-state index contributed by atoms with van der Waals surface area (Å²) in [6.07, 6.45) is 6.35. The van der Waals surface area contributed by atoms with Crippen molar-refractivity contribution in [3.05, 3.63) is 132 Å². The highest BCUT2D eigenvalue weighted by atomic mass is 16.5. The molecule has 3 heterocycles. The summed E-state index contributed by atoms with van der Waals surface area (Å²) in [5, 5.41) is 5.96. The topological polar surface area (TPSA) is 75.5 Å². The van der Waals surface area contributed by atoms with Crippen molar-refractivity contribution in [3.63, 3.8) is 0 Å². The van der Waals surface area contributed by atoms with E-state index in [2.05, 4.69) is 41.4 Å². The Balaban J connectivity index is 1.68. The van der Waals surface area contributed by atoms with Gasteiger partial charge < -0.3 is 14.2 Å². The lowest BCUT2D eigenvalue weighted by Gasteiger charge is -2.37. The zero-order chi connectivity index (χ0) is 28.1. The fourth-order valence-electron chi connectivity index (χ4n) is 5.60. The molecule has 0 aliphatic carbocycles. The summed E-state index contributed by atoms with van der Waals surface area (Å²) in [5.41, 5.74) is 3.64. The lowest BCUT2D eigenvalue weighted by molar-refractivity contribution is -0.134. The van der Waals surface area contributed by atoms with Crippen molar-refractivity contribution in [2.24, 2.45) is 0 Å². The number of esters is 1. The largest absolute Gasteiger partial charge is 0.474 e. The lowest BCUT2D eigenvalue weighted by Crippen LogP contribution is -2.38. The number of fused-ring (bicyclic) bond motifs is 1. The van der Waals surface area contributed by atoms with Crippen LogP contribution in [-0.4, -0.2) is 47.2 Å². The fraction of sp³-hybridized carbons (Fsp3) is 0.206. The van der Waals surface area contributed by atoms with Crippen LogP contribution in [0.25, 0.3) is 17.0 Å². The average Bonchev–Trinajstić information content (AvgIpc) is 3.42. The lowest BCUT2D eigenvalue weighted by atomic mass is 9.77. The first-order valence-electron chi connectivity index (χ1n) is 13.8. The minimum absolute atomic E-state index is 0.0234. The first-order valence-corrected chi connectivity index (χ1v) is 13.8. The van der Waals surface area contributed by atoms with Crippen LogP contribution in [0.1, 0.15) is 35.2 Å². The summed E-state index contributed by atoms with van der Waals surface area (Å²) in [4.78, 5) is 16.8. The van der Waals surface area contributed by atoms with Gasteiger partial charge in [-0.3, -0.25) is 0 Å². The van der Waals surface area contributed by atoms with Gasteiger partial charge in [-0.2, -0.15) is 5.10 Å². The van der Waals surface area contributed by atoms with Crippen LogP contribution in [0.3, 0.4) is 0 Å². The van der Waals surface area contributed by atoms with Crippen molar-refractivity contribution in [2.45, 2.75) is 24.5 Å².